The third-order valence-electron chi connectivity index (χ3n) is 7.30. The Kier molecular flexibility index (Phi) is 7.29. The van der Waals surface area contributed by atoms with Gasteiger partial charge in [-0.05, 0) is 81.7 Å². The van der Waals surface area contributed by atoms with E-state index in [1.54, 1.807) is 12.1 Å². The van der Waals surface area contributed by atoms with Crippen molar-refractivity contribution >= 4 is 11.5 Å². The standard InChI is InChI=1S/C27H33N3O5/c31-27-23-17-20(34-15-13-28-9-3-1-4-10-28)7-8-21(23)22-18-25(30(32)33)26(19-24(22)27)35-16-14-29-11-5-2-6-12-29/h7-8,17-19H,1-6,9-16H2. The number of piperidine rings is 2. The highest BCUT2D eigenvalue weighted by atomic mass is 16.6. The van der Waals surface area contributed by atoms with Gasteiger partial charge in [0, 0.05) is 35.8 Å². The number of fused-ring (bicyclic) bond motifs is 3. The molecule has 0 bridgehead atoms. The minimum atomic E-state index is -0.433. The van der Waals surface area contributed by atoms with Gasteiger partial charge in [0.15, 0.2) is 11.5 Å². The van der Waals surface area contributed by atoms with E-state index >= 15 is 0 Å². The lowest BCUT2D eigenvalue weighted by molar-refractivity contribution is -0.385. The van der Waals surface area contributed by atoms with Crippen LogP contribution in [-0.2, 0) is 0 Å². The summed E-state index contributed by atoms with van der Waals surface area (Å²) in [4.78, 5) is 29.3. The molecule has 0 spiro atoms. The molecule has 0 N–H and O–H groups in total. The second-order valence-electron chi connectivity index (χ2n) is 9.66. The summed E-state index contributed by atoms with van der Waals surface area (Å²) in [6, 6.07) is 8.45. The summed E-state index contributed by atoms with van der Waals surface area (Å²) in [5.41, 5.74) is 2.15. The van der Waals surface area contributed by atoms with Gasteiger partial charge in [-0.2, -0.15) is 0 Å². The average molecular weight is 480 g/mol. The van der Waals surface area contributed by atoms with Crippen LogP contribution in [0.3, 0.4) is 0 Å². The van der Waals surface area contributed by atoms with Gasteiger partial charge in [-0.15, -0.1) is 0 Å². The Balaban J connectivity index is 1.28. The molecule has 35 heavy (non-hydrogen) atoms. The van der Waals surface area contributed by atoms with Crippen LogP contribution in [0, 0.1) is 10.1 Å². The van der Waals surface area contributed by atoms with E-state index in [-0.39, 0.29) is 17.2 Å². The Morgan fingerprint density at radius 3 is 1.97 bits per heavy atom. The third-order valence-corrected chi connectivity index (χ3v) is 7.30. The molecule has 3 aliphatic rings. The summed E-state index contributed by atoms with van der Waals surface area (Å²) in [6.45, 7) is 6.81. The molecule has 0 saturated carbocycles. The van der Waals surface area contributed by atoms with Crippen LogP contribution < -0.4 is 9.47 Å². The van der Waals surface area contributed by atoms with Gasteiger partial charge >= 0.3 is 5.69 Å². The summed E-state index contributed by atoms with van der Waals surface area (Å²) >= 11 is 0. The fourth-order valence-corrected chi connectivity index (χ4v) is 5.36. The average Bonchev–Trinajstić information content (AvgIpc) is 3.15. The highest BCUT2D eigenvalue weighted by Crippen LogP contribution is 2.43. The first-order valence-corrected chi connectivity index (χ1v) is 12.8. The van der Waals surface area contributed by atoms with E-state index < -0.39 is 4.92 Å². The fraction of sp³-hybridized carbons (Fsp3) is 0.519. The number of likely N-dealkylation sites (tertiary alicyclic amines) is 2. The fourth-order valence-electron chi connectivity index (χ4n) is 5.36. The van der Waals surface area contributed by atoms with Crippen molar-refractivity contribution in [2.75, 3.05) is 52.5 Å². The first-order chi connectivity index (χ1) is 17.1. The van der Waals surface area contributed by atoms with Crippen molar-refractivity contribution in [2.45, 2.75) is 38.5 Å². The number of ketones is 1. The topological polar surface area (TPSA) is 85.1 Å². The van der Waals surface area contributed by atoms with Crippen LogP contribution in [0.1, 0.15) is 54.4 Å². The van der Waals surface area contributed by atoms with Crippen LogP contribution in [0.5, 0.6) is 11.5 Å². The predicted octanol–water partition coefficient (Wildman–Crippen LogP) is 4.54. The van der Waals surface area contributed by atoms with Crippen molar-refractivity contribution in [1.82, 2.24) is 9.80 Å². The number of hydrogen-bond donors (Lipinski definition) is 0. The molecule has 0 amide bonds. The Bertz CT molecular complexity index is 1090. The zero-order chi connectivity index (χ0) is 24.2. The second-order valence-corrected chi connectivity index (χ2v) is 9.66. The van der Waals surface area contributed by atoms with E-state index in [2.05, 4.69) is 9.80 Å². The molecule has 8 heteroatoms. The van der Waals surface area contributed by atoms with E-state index in [0.29, 0.717) is 41.2 Å². The minimum Gasteiger partial charge on any atom is -0.492 e. The van der Waals surface area contributed by atoms with Gasteiger partial charge in [0.1, 0.15) is 19.0 Å². The van der Waals surface area contributed by atoms with Gasteiger partial charge in [-0.3, -0.25) is 24.7 Å². The summed E-state index contributed by atoms with van der Waals surface area (Å²) in [5.74, 6) is 0.659. The van der Waals surface area contributed by atoms with Crippen molar-refractivity contribution < 1.29 is 19.2 Å². The first-order valence-electron chi connectivity index (χ1n) is 12.8. The summed E-state index contributed by atoms with van der Waals surface area (Å²) in [7, 11) is 0. The van der Waals surface area contributed by atoms with E-state index in [4.69, 9.17) is 9.47 Å². The molecule has 2 aliphatic heterocycles. The Morgan fingerprint density at radius 1 is 0.743 bits per heavy atom. The smallest absolute Gasteiger partial charge is 0.311 e. The number of nitro groups is 1. The van der Waals surface area contributed by atoms with Crippen molar-refractivity contribution in [3.05, 3.63) is 51.6 Å². The minimum absolute atomic E-state index is 0.107. The Labute approximate surface area is 206 Å². The molecule has 0 aromatic heterocycles. The van der Waals surface area contributed by atoms with Gasteiger partial charge in [-0.1, -0.05) is 12.8 Å². The lowest BCUT2D eigenvalue weighted by Gasteiger charge is -2.26. The molecule has 2 aromatic rings. The molecule has 2 aromatic carbocycles. The highest BCUT2D eigenvalue weighted by molar-refractivity contribution is 6.22. The highest BCUT2D eigenvalue weighted by Gasteiger charge is 2.32. The number of carbonyl (C=O) groups excluding carboxylic acids is 1. The van der Waals surface area contributed by atoms with Crippen molar-refractivity contribution in [3.8, 4) is 22.6 Å². The number of nitro benzene ring substituents is 1. The van der Waals surface area contributed by atoms with Gasteiger partial charge in [0.2, 0.25) is 0 Å². The van der Waals surface area contributed by atoms with Crippen molar-refractivity contribution in [3.63, 3.8) is 0 Å². The number of ether oxygens (including phenoxy) is 2. The van der Waals surface area contributed by atoms with Gasteiger partial charge in [0.05, 0.1) is 4.92 Å². The molecule has 0 atom stereocenters. The Hall–Kier alpha value is -2.97. The molecule has 2 fully saturated rings. The maximum atomic E-state index is 13.2. The van der Waals surface area contributed by atoms with E-state index in [1.165, 1.54) is 44.6 Å². The third kappa shape index (κ3) is 5.33. The van der Waals surface area contributed by atoms with Crippen LogP contribution in [0.15, 0.2) is 30.3 Å². The normalized spacial score (nSPS) is 18.2. The Morgan fingerprint density at radius 2 is 1.34 bits per heavy atom. The number of benzene rings is 2. The van der Waals surface area contributed by atoms with Crippen LogP contribution in [0.25, 0.3) is 11.1 Å². The molecular weight excluding hydrogens is 446 g/mol. The van der Waals surface area contributed by atoms with Crippen molar-refractivity contribution in [2.24, 2.45) is 0 Å². The molecule has 0 unspecified atom stereocenters. The van der Waals surface area contributed by atoms with Gasteiger partial charge in [-0.25, -0.2) is 0 Å². The SMILES string of the molecule is O=C1c2cc(OCCN3CCCCC3)ccc2-c2cc([N+](=O)[O-])c(OCCN3CCCCC3)cc21. The molecular formula is C27H33N3O5. The maximum Gasteiger partial charge on any atom is 0.311 e. The van der Waals surface area contributed by atoms with Crippen LogP contribution >= 0.6 is 0 Å². The van der Waals surface area contributed by atoms with E-state index in [1.807, 2.05) is 12.1 Å². The lowest BCUT2D eigenvalue weighted by atomic mass is 10.0. The molecule has 5 rings (SSSR count). The van der Waals surface area contributed by atoms with E-state index in [0.717, 1.165) is 39.3 Å². The van der Waals surface area contributed by atoms with Gasteiger partial charge < -0.3 is 9.47 Å². The lowest BCUT2D eigenvalue weighted by Crippen LogP contribution is -2.33. The summed E-state index contributed by atoms with van der Waals surface area (Å²) < 4.78 is 11.8. The van der Waals surface area contributed by atoms with E-state index in [9.17, 15) is 14.9 Å². The monoisotopic (exact) mass is 479 g/mol. The zero-order valence-electron chi connectivity index (χ0n) is 20.2. The summed E-state index contributed by atoms with van der Waals surface area (Å²) in [6.07, 6.45) is 7.38. The van der Waals surface area contributed by atoms with Crippen LogP contribution in [0.4, 0.5) is 5.69 Å². The van der Waals surface area contributed by atoms with Crippen LogP contribution in [-0.4, -0.2) is 73.0 Å². The quantitative estimate of drug-likeness (QED) is 0.329. The molecule has 2 heterocycles. The number of nitrogens with zero attached hydrogens (tertiary/aromatic N) is 3. The number of hydrogen-bond acceptors (Lipinski definition) is 7. The van der Waals surface area contributed by atoms with Crippen molar-refractivity contribution in [1.29, 1.82) is 0 Å². The zero-order valence-corrected chi connectivity index (χ0v) is 20.2. The van der Waals surface area contributed by atoms with Crippen LogP contribution in [0.2, 0.25) is 0 Å². The largest absolute Gasteiger partial charge is 0.492 e. The maximum absolute atomic E-state index is 13.2. The first kappa shape index (κ1) is 23.8. The predicted molar refractivity (Wildman–Crippen MR) is 134 cm³/mol. The molecule has 0 radical (unpaired) electrons. The number of rotatable bonds is 9. The number of carbonyl (C=O) groups is 1. The molecule has 186 valence electrons. The molecule has 1 aliphatic carbocycles. The molecule has 8 nitrogen and oxygen atoms in total. The van der Waals surface area contributed by atoms with Gasteiger partial charge in [0.25, 0.3) is 0 Å². The molecule has 2 saturated heterocycles. The summed E-state index contributed by atoms with van der Waals surface area (Å²) in [5, 5.41) is 11.8. The second kappa shape index (κ2) is 10.7.